The third-order valence-corrected chi connectivity index (χ3v) is 5.15. The quantitative estimate of drug-likeness (QED) is 0.745. The van der Waals surface area contributed by atoms with Crippen LogP contribution in [-0.2, 0) is 9.59 Å². The average Bonchev–Trinajstić information content (AvgIpc) is 2.62. The minimum atomic E-state index is -0.0909. The fourth-order valence-electron chi connectivity index (χ4n) is 3.48. The lowest BCUT2D eigenvalue weighted by Gasteiger charge is -2.36. The van der Waals surface area contributed by atoms with Gasteiger partial charge in [-0.3, -0.25) is 9.59 Å². The zero-order valence-electron chi connectivity index (χ0n) is 17.1. The summed E-state index contributed by atoms with van der Waals surface area (Å²) < 4.78 is 0. The summed E-state index contributed by atoms with van der Waals surface area (Å²) >= 11 is 0. The van der Waals surface area contributed by atoms with Gasteiger partial charge in [0.25, 0.3) is 0 Å². The second kappa shape index (κ2) is 10.3. The molecule has 0 heterocycles. The molecule has 5 nitrogen and oxygen atoms in total. The Morgan fingerprint density at radius 2 is 1.70 bits per heavy atom. The fraction of sp³-hybridized carbons (Fsp3) is 0.545. The van der Waals surface area contributed by atoms with Crippen LogP contribution in [0.3, 0.4) is 0 Å². The Labute approximate surface area is 163 Å². The van der Waals surface area contributed by atoms with Gasteiger partial charge < -0.3 is 15.1 Å². The number of carbonyl (C=O) groups excluding carboxylic acids is 2. The van der Waals surface area contributed by atoms with Crippen molar-refractivity contribution < 1.29 is 9.59 Å². The van der Waals surface area contributed by atoms with Crippen molar-refractivity contribution in [3.63, 3.8) is 0 Å². The predicted octanol–water partition coefficient (Wildman–Crippen LogP) is 3.63. The van der Waals surface area contributed by atoms with Crippen molar-refractivity contribution in [2.24, 2.45) is 5.92 Å². The standard InChI is InChI=1S/C22H33N3O2/c1-17-5-12-21(13-6-17)25(16-15-24(3)4)22(27)14-9-19-7-10-20(11-8-19)23-18(2)26/h7-11,14,17,21H,5-6,12-13,15-16H2,1-4H3,(H,23,26)/b14-9+/t17-,21-. The molecule has 2 rings (SSSR count). The van der Waals surface area contributed by atoms with Crippen molar-refractivity contribution in [1.82, 2.24) is 9.80 Å². The van der Waals surface area contributed by atoms with Crippen molar-refractivity contribution >= 4 is 23.6 Å². The summed E-state index contributed by atoms with van der Waals surface area (Å²) in [5, 5.41) is 2.75. The smallest absolute Gasteiger partial charge is 0.246 e. The topological polar surface area (TPSA) is 52.7 Å². The number of hydrogen-bond donors (Lipinski definition) is 1. The normalized spacial score (nSPS) is 20.0. The van der Waals surface area contributed by atoms with Crippen LogP contribution < -0.4 is 5.32 Å². The first kappa shape index (κ1) is 21.2. The number of hydrogen-bond acceptors (Lipinski definition) is 3. The molecule has 1 aliphatic rings. The van der Waals surface area contributed by atoms with E-state index in [2.05, 4.69) is 17.1 Å². The number of benzene rings is 1. The second-order valence-electron chi connectivity index (χ2n) is 7.89. The first-order valence-corrected chi connectivity index (χ1v) is 9.86. The first-order chi connectivity index (χ1) is 12.8. The molecule has 1 aliphatic carbocycles. The Bertz CT molecular complexity index is 644. The molecule has 0 spiro atoms. The number of carbonyl (C=O) groups is 2. The number of nitrogens with zero attached hydrogens (tertiary/aromatic N) is 2. The van der Waals surface area contributed by atoms with Crippen LogP contribution in [0, 0.1) is 5.92 Å². The molecular formula is C22H33N3O2. The van der Waals surface area contributed by atoms with E-state index in [0.29, 0.717) is 6.04 Å². The van der Waals surface area contributed by atoms with Crippen molar-refractivity contribution in [3.05, 3.63) is 35.9 Å². The molecule has 27 heavy (non-hydrogen) atoms. The Balaban J connectivity index is 2.02. The maximum Gasteiger partial charge on any atom is 0.246 e. The summed E-state index contributed by atoms with van der Waals surface area (Å²) in [5.41, 5.74) is 1.71. The van der Waals surface area contributed by atoms with Crippen LogP contribution in [0.5, 0.6) is 0 Å². The zero-order valence-corrected chi connectivity index (χ0v) is 17.1. The molecule has 148 valence electrons. The molecule has 1 saturated carbocycles. The van der Waals surface area contributed by atoms with E-state index in [0.717, 1.165) is 43.1 Å². The third kappa shape index (κ3) is 7.18. The van der Waals surface area contributed by atoms with Crippen LogP contribution in [-0.4, -0.2) is 54.8 Å². The highest BCUT2D eigenvalue weighted by molar-refractivity contribution is 5.92. The molecule has 1 fully saturated rings. The van der Waals surface area contributed by atoms with E-state index >= 15 is 0 Å². The largest absolute Gasteiger partial charge is 0.335 e. The van der Waals surface area contributed by atoms with Gasteiger partial charge in [-0.1, -0.05) is 19.1 Å². The number of likely N-dealkylation sites (N-methyl/N-ethyl adjacent to an activating group) is 1. The van der Waals surface area contributed by atoms with Crippen LogP contribution in [0.25, 0.3) is 6.08 Å². The summed E-state index contributed by atoms with van der Waals surface area (Å²) in [6.07, 6.45) is 8.13. The van der Waals surface area contributed by atoms with Gasteiger partial charge in [0.05, 0.1) is 0 Å². The average molecular weight is 372 g/mol. The van der Waals surface area contributed by atoms with E-state index in [4.69, 9.17) is 0 Å². The molecular weight excluding hydrogens is 338 g/mol. The first-order valence-electron chi connectivity index (χ1n) is 9.86. The SMILES string of the molecule is CC(=O)Nc1ccc(/C=C/C(=O)N(CCN(C)C)[C@H]2CC[C@H](C)CC2)cc1. The highest BCUT2D eigenvalue weighted by Gasteiger charge is 2.26. The molecule has 0 aromatic heterocycles. The summed E-state index contributed by atoms with van der Waals surface area (Å²) in [6.45, 7) is 5.42. The summed E-state index contributed by atoms with van der Waals surface area (Å²) in [6, 6.07) is 7.85. The fourth-order valence-corrected chi connectivity index (χ4v) is 3.48. The number of nitrogens with one attached hydrogen (secondary N) is 1. The number of anilines is 1. The monoisotopic (exact) mass is 371 g/mol. The lowest BCUT2D eigenvalue weighted by Crippen LogP contribution is -2.44. The summed E-state index contributed by atoms with van der Waals surface area (Å²) in [5.74, 6) is 0.763. The van der Waals surface area contributed by atoms with Crippen molar-refractivity contribution in [1.29, 1.82) is 0 Å². The van der Waals surface area contributed by atoms with Gasteiger partial charge >= 0.3 is 0 Å². The molecule has 2 amide bonds. The highest BCUT2D eigenvalue weighted by Crippen LogP contribution is 2.27. The van der Waals surface area contributed by atoms with Gasteiger partial charge in [0.1, 0.15) is 0 Å². The predicted molar refractivity (Wildman–Crippen MR) is 111 cm³/mol. The van der Waals surface area contributed by atoms with Crippen molar-refractivity contribution in [2.45, 2.75) is 45.6 Å². The Kier molecular flexibility index (Phi) is 8.04. The maximum atomic E-state index is 12.9. The second-order valence-corrected chi connectivity index (χ2v) is 7.89. The maximum absolute atomic E-state index is 12.9. The van der Waals surface area contributed by atoms with Crippen LogP contribution in [0.4, 0.5) is 5.69 Å². The van der Waals surface area contributed by atoms with E-state index < -0.39 is 0 Å². The van der Waals surface area contributed by atoms with E-state index in [9.17, 15) is 9.59 Å². The van der Waals surface area contributed by atoms with Gasteiger partial charge in [0.15, 0.2) is 0 Å². The van der Waals surface area contributed by atoms with Crippen LogP contribution in [0.2, 0.25) is 0 Å². The molecule has 1 N–H and O–H groups in total. The molecule has 0 bridgehead atoms. The molecule has 0 radical (unpaired) electrons. The molecule has 0 saturated heterocycles. The van der Waals surface area contributed by atoms with E-state index in [1.165, 1.54) is 19.8 Å². The van der Waals surface area contributed by atoms with Gasteiger partial charge in [0.2, 0.25) is 11.8 Å². The van der Waals surface area contributed by atoms with Crippen LogP contribution in [0.15, 0.2) is 30.3 Å². The van der Waals surface area contributed by atoms with E-state index in [1.807, 2.05) is 49.3 Å². The van der Waals surface area contributed by atoms with Gasteiger partial charge in [-0.25, -0.2) is 0 Å². The Morgan fingerprint density at radius 3 is 2.26 bits per heavy atom. The van der Waals surface area contributed by atoms with Gasteiger partial charge in [-0.2, -0.15) is 0 Å². The van der Waals surface area contributed by atoms with E-state index in [-0.39, 0.29) is 11.8 Å². The molecule has 1 aromatic rings. The number of rotatable bonds is 7. The summed E-state index contributed by atoms with van der Waals surface area (Å²) in [4.78, 5) is 28.1. The third-order valence-electron chi connectivity index (χ3n) is 5.15. The molecule has 0 unspecified atom stereocenters. The van der Waals surface area contributed by atoms with E-state index in [1.54, 1.807) is 6.08 Å². The molecule has 0 aliphatic heterocycles. The minimum Gasteiger partial charge on any atom is -0.335 e. The zero-order chi connectivity index (χ0) is 19.8. The summed E-state index contributed by atoms with van der Waals surface area (Å²) in [7, 11) is 4.08. The Morgan fingerprint density at radius 1 is 1.07 bits per heavy atom. The van der Waals surface area contributed by atoms with Crippen molar-refractivity contribution in [2.75, 3.05) is 32.5 Å². The Hall–Kier alpha value is -2.14. The lowest BCUT2D eigenvalue weighted by atomic mass is 9.86. The highest BCUT2D eigenvalue weighted by atomic mass is 16.2. The van der Waals surface area contributed by atoms with Crippen LogP contribution >= 0.6 is 0 Å². The van der Waals surface area contributed by atoms with Gasteiger partial charge in [0, 0.05) is 37.8 Å². The molecule has 5 heteroatoms. The molecule has 0 atom stereocenters. The lowest BCUT2D eigenvalue weighted by molar-refractivity contribution is -0.129. The number of amides is 2. The molecule has 1 aromatic carbocycles. The van der Waals surface area contributed by atoms with Crippen molar-refractivity contribution in [3.8, 4) is 0 Å². The van der Waals surface area contributed by atoms with Gasteiger partial charge in [-0.15, -0.1) is 0 Å². The minimum absolute atomic E-state index is 0.0855. The van der Waals surface area contributed by atoms with Crippen LogP contribution in [0.1, 0.15) is 45.1 Å². The van der Waals surface area contributed by atoms with Gasteiger partial charge in [-0.05, 0) is 69.5 Å².